The molecule has 1 saturated heterocycles. The monoisotopic (exact) mass is 453 g/mol. The molecule has 1 fully saturated rings. The summed E-state index contributed by atoms with van der Waals surface area (Å²) in [5.74, 6) is -0.924. The molecule has 32 heavy (non-hydrogen) atoms. The zero-order valence-electron chi connectivity index (χ0n) is 18.9. The number of benzene rings is 2. The highest BCUT2D eigenvalue weighted by Crippen LogP contribution is 2.31. The summed E-state index contributed by atoms with van der Waals surface area (Å²) in [7, 11) is 0. The van der Waals surface area contributed by atoms with Gasteiger partial charge in [0.05, 0.1) is 35.4 Å². The molecule has 9 heteroatoms. The summed E-state index contributed by atoms with van der Waals surface area (Å²) in [6.07, 6.45) is -4.42. The summed E-state index contributed by atoms with van der Waals surface area (Å²) < 4.78 is 43.0. The molecule has 0 aliphatic carbocycles. The van der Waals surface area contributed by atoms with E-state index in [2.05, 4.69) is 16.2 Å². The second-order valence-corrected chi connectivity index (χ2v) is 6.71. The Labute approximate surface area is 186 Å². The molecule has 0 unspecified atom stereocenters. The molecule has 6 nitrogen and oxygen atoms in total. The highest BCUT2D eigenvalue weighted by molar-refractivity contribution is 6.01. The molecule has 2 aromatic rings. The molecule has 0 atom stereocenters. The number of rotatable bonds is 4. The summed E-state index contributed by atoms with van der Waals surface area (Å²) in [5, 5.41) is 2.91. The molecule has 3 rings (SSSR count). The van der Waals surface area contributed by atoms with Gasteiger partial charge < -0.3 is 10.1 Å². The van der Waals surface area contributed by atoms with Crippen molar-refractivity contribution in [1.82, 2.24) is 10.9 Å². The number of halogens is 3. The maximum Gasteiger partial charge on any atom is 0.416 e. The van der Waals surface area contributed by atoms with Crippen LogP contribution in [0.2, 0.25) is 0 Å². The number of hydrogen-bond acceptors (Lipinski definition) is 4. The molecular weight excluding hydrogens is 423 g/mol. The number of alkyl halides is 3. The maximum absolute atomic E-state index is 12.7. The number of anilines is 2. The molecule has 0 saturated carbocycles. The molecule has 0 bridgehead atoms. The first-order chi connectivity index (χ1) is 15.2. The zero-order chi connectivity index (χ0) is 24.4. The highest BCUT2D eigenvalue weighted by Gasteiger charge is 2.41. The Morgan fingerprint density at radius 1 is 0.906 bits per heavy atom. The molecule has 2 amide bonds. The second kappa shape index (κ2) is 12.1. The SMILES string of the molecule is CC.CC.CC1(C(=O)NNC(=O)c2ccccc2Nc2ccc(C(F)(F)F)cc2)COC1. The molecule has 0 radical (unpaired) electrons. The van der Waals surface area contributed by atoms with Crippen LogP contribution in [0, 0.1) is 5.41 Å². The number of nitrogens with one attached hydrogen (secondary N) is 3. The van der Waals surface area contributed by atoms with Gasteiger partial charge in [-0.05, 0) is 43.3 Å². The van der Waals surface area contributed by atoms with Crippen LogP contribution in [0.25, 0.3) is 0 Å². The van der Waals surface area contributed by atoms with Crippen LogP contribution in [0.5, 0.6) is 0 Å². The molecule has 0 aromatic heterocycles. The van der Waals surface area contributed by atoms with Crippen LogP contribution in [0.1, 0.15) is 50.5 Å². The van der Waals surface area contributed by atoms with Crippen LogP contribution >= 0.6 is 0 Å². The third kappa shape index (κ3) is 6.98. The molecule has 1 aliphatic rings. The van der Waals surface area contributed by atoms with Crippen molar-refractivity contribution in [2.45, 2.75) is 40.8 Å². The molecule has 1 heterocycles. The van der Waals surface area contributed by atoms with E-state index in [1.807, 2.05) is 27.7 Å². The van der Waals surface area contributed by atoms with Gasteiger partial charge in [0, 0.05) is 5.69 Å². The fourth-order valence-corrected chi connectivity index (χ4v) is 2.56. The average Bonchev–Trinajstić information content (AvgIpc) is 2.78. The van der Waals surface area contributed by atoms with Gasteiger partial charge in [-0.25, -0.2) is 0 Å². The Morgan fingerprint density at radius 2 is 1.47 bits per heavy atom. The minimum absolute atomic E-state index is 0.220. The lowest BCUT2D eigenvalue weighted by molar-refractivity contribution is -0.158. The van der Waals surface area contributed by atoms with Crippen molar-refractivity contribution in [3.63, 3.8) is 0 Å². The van der Waals surface area contributed by atoms with Gasteiger partial charge in [0.15, 0.2) is 0 Å². The third-order valence-electron chi connectivity index (χ3n) is 4.34. The fraction of sp³-hybridized carbons (Fsp3) is 0.391. The Kier molecular flexibility index (Phi) is 10.2. The van der Waals surface area contributed by atoms with Crippen LogP contribution in [-0.2, 0) is 15.7 Å². The van der Waals surface area contributed by atoms with Gasteiger partial charge in [0.2, 0.25) is 5.91 Å². The van der Waals surface area contributed by atoms with Crippen molar-refractivity contribution >= 4 is 23.2 Å². The topological polar surface area (TPSA) is 79.5 Å². The van der Waals surface area contributed by atoms with E-state index in [9.17, 15) is 22.8 Å². The van der Waals surface area contributed by atoms with Gasteiger partial charge in [0.25, 0.3) is 5.91 Å². The van der Waals surface area contributed by atoms with Crippen molar-refractivity contribution in [2.24, 2.45) is 5.41 Å². The van der Waals surface area contributed by atoms with E-state index in [0.717, 1.165) is 12.1 Å². The normalized spacial score (nSPS) is 13.8. The molecule has 3 N–H and O–H groups in total. The largest absolute Gasteiger partial charge is 0.416 e. The minimum Gasteiger partial charge on any atom is -0.379 e. The Hall–Kier alpha value is -3.07. The van der Waals surface area contributed by atoms with Crippen LogP contribution in [0.3, 0.4) is 0 Å². The second-order valence-electron chi connectivity index (χ2n) is 6.71. The van der Waals surface area contributed by atoms with E-state index in [-0.39, 0.29) is 24.7 Å². The lowest BCUT2D eigenvalue weighted by Crippen LogP contribution is -2.56. The summed E-state index contributed by atoms with van der Waals surface area (Å²) in [5.41, 5.74) is 4.26. The van der Waals surface area contributed by atoms with Crippen LogP contribution in [0.15, 0.2) is 48.5 Å². The van der Waals surface area contributed by atoms with E-state index in [4.69, 9.17) is 4.74 Å². The molecule has 176 valence electrons. The Balaban J connectivity index is 0.00000121. The predicted octanol–water partition coefficient (Wildman–Crippen LogP) is 5.30. The van der Waals surface area contributed by atoms with Crippen LogP contribution < -0.4 is 16.2 Å². The Bertz CT molecular complexity index is 880. The van der Waals surface area contributed by atoms with E-state index in [1.54, 1.807) is 25.1 Å². The van der Waals surface area contributed by atoms with Gasteiger partial charge in [-0.15, -0.1) is 0 Å². The van der Waals surface area contributed by atoms with Crippen molar-refractivity contribution in [3.8, 4) is 0 Å². The first kappa shape index (κ1) is 27.0. The van der Waals surface area contributed by atoms with Gasteiger partial charge in [-0.2, -0.15) is 13.2 Å². The number of carbonyl (C=O) groups is 2. The van der Waals surface area contributed by atoms with E-state index in [1.165, 1.54) is 18.2 Å². The number of para-hydroxylation sites is 1. The fourth-order valence-electron chi connectivity index (χ4n) is 2.56. The lowest BCUT2D eigenvalue weighted by Gasteiger charge is -2.36. The third-order valence-corrected chi connectivity index (χ3v) is 4.34. The number of carbonyl (C=O) groups excluding carboxylic acids is 2. The minimum atomic E-state index is -4.42. The van der Waals surface area contributed by atoms with E-state index < -0.39 is 23.1 Å². The quantitative estimate of drug-likeness (QED) is 0.549. The number of amides is 2. The first-order valence-corrected chi connectivity index (χ1v) is 10.4. The Morgan fingerprint density at radius 3 is 1.97 bits per heavy atom. The zero-order valence-corrected chi connectivity index (χ0v) is 18.9. The molecule has 0 spiro atoms. The average molecular weight is 454 g/mol. The van der Waals surface area contributed by atoms with Gasteiger partial charge in [-0.3, -0.25) is 20.4 Å². The maximum atomic E-state index is 12.7. The molecular formula is C23H30F3N3O3. The molecule has 1 aliphatic heterocycles. The lowest BCUT2D eigenvalue weighted by atomic mass is 9.88. The number of hydrogen-bond donors (Lipinski definition) is 3. The van der Waals surface area contributed by atoms with E-state index >= 15 is 0 Å². The number of ether oxygens (including phenoxy) is 1. The van der Waals surface area contributed by atoms with E-state index in [0.29, 0.717) is 11.4 Å². The molecule has 2 aromatic carbocycles. The summed E-state index contributed by atoms with van der Waals surface area (Å²) in [4.78, 5) is 24.5. The standard InChI is InChI=1S/C19H18F3N3O3.2C2H6/c1-18(10-28-11-18)17(27)25-24-16(26)14-4-2-3-5-15(14)23-13-8-6-12(7-9-13)19(20,21)22;2*1-2/h2-9,23H,10-11H2,1H3,(H,24,26)(H,25,27);2*1-2H3. The van der Waals surface area contributed by atoms with Crippen LogP contribution in [-0.4, -0.2) is 25.0 Å². The highest BCUT2D eigenvalue weighted by atomic mass is 19.4. The van der Waals surface area contributed by atoms with Gasteiger partial charge >= 0.3 is 6.18 Å². The summed E-state index contributed by atoms with van der Waals surface area (Å²) >= 11 is 0. The van der Waals surface area contributed by atoms with Crippen LogP contribution in [0.4, 0.5) is 24.5 Å². The van der Waals surface area contributed by atoms with Gasteiger partial charge in [-0.1, -0.05) is 39.8 Å². The van der Waals surface area contributed by atoms with Gasteiger partial charge in [0.1, 0.15) is 0 Å². The van der Waals surface area contributed by atoms with Crippen molar-refractivity contribution < 1.29 is 27.5 Å². The summed E-state index contributed by atoms with van der Waals surface area (Å²) in [6, 6.07) is 10.9. The summed E-state index contributed by atoms with van der Waals surface area (Å²) in [6.45, 7) is 10.3. The smallest absolute Gasteiger partial charge is 0.379 e. The number of hydrazine groups is 1. The van der Waals surface area contributed by atoms with Crippen molar-refractivity contribution in [2.75, 3.05) is 18.5 Å². The van der Waals surface area contributed by atoms with Crippen molar-refractivity contribution in [1.29, 1.82) is 0 Å². The first-order valence-electron chi connectivity index (χ1n) is 10.4. The predicted molar refractivity (Wildman–Crippen MR) is 118 cm³/mol. The van der Waals surface area contributed by atoms with Crippen molar-refractivity contribution in [3.05, 3.63) is 59.7 Å².